The molecule has 0 amide bonds. The van der Waals surface area contributed by atoms with Crippen molar-refractivity contribution in [1.29, 1.82) is 0 Å². The van der Waals surface area contributed by atoms with E-state index in [2.05, 4.69) is 20.3 Å². The van der Waals surface area contributed by atoms with E-state index in [1.54, 1.807) is 6.20 Å². The van der Waals surface area contributed by atoms with E-state index in [9.17, 15) is 0 Å². The van der Waals surface area contributed by atoms with Crippen molar-refractivity contribution in [1.82, 2.24) is 20.3 Å². The molecule has 0 aliphatic carbocycles. The van der Waals surface area contributed by atoms with Gasteiger partial charge in [0, 0.05) is 19.3 Å². The van der Waals surface area contributed by atoms with Crippen molar-refractivity contribution in [2.24, 2.45) is 0 Å². The van der Waals surface area contributed by atoms with E-state index in [1.807, 2.05) is 42.5 Å². The zero-order valence-corrected chi connectivity index (χ0v) is 11.0. The van der Waals surface area contributed by atoms with Crippen LogP contribution >= 0.6 is 0 Å². The fourth-order valence-corrected chi connectivity index (χ4v) is 1.99. The first-order valence-corrected chi connectivity index (χ1v) is 6.45. The summed E-state index contributed by atoms with van der Waals surface area (Å²) >= 11 is 0. The quantitative estimate of drug-likeness (QED) is 0.753. The van der Waals surface area contributed by atoms with E-state index in [0.29, 0.717) is 18.9 Å². The summed E-state index contributed by atoms with van der Waals surface area (Å²) in [5.74, 6) is 0.470. The highest BCUT2D eigenvalue weighted by molar-refractivity contribution is 5.75. The van der Waals surface area contributed by atoms with Crippen LogP contribution in [-0.4, -0.2) is 15.0 Å². The molecule has 20 heavy (non-hydrogen) atoms. The Labute approximate surface area is 116 Å². The number of anilines is 1. The number of aromatic nitrogens is 3. The Bertz CT molecular complexity index is 712. The van der Waals surface area contributed by atoms with Crippen molar-refractivity contribution in [2.75, 3.05) is 5.73 Å². The number of hydrogen-bond donors (Lipinski definition) is 2. The van der Waals surface area contributed by atoms with E-state index < -0.39 is 0 Å². The fraction of sp³-hybridized carbons (Fsp3) is 0.133. The summed E-state index contributed by atoms with van der Waals surface area (Å²) in [6.45, 7) is 1.25. The average Bonchev–Trinajstić information content (AvgIpc) is 2.49. The molecule has 0 bridgehead atoms. The van der Waals surface area contributed by atoms with Crippen molar-refractivity contribution < 1.29 is 0 Å². The van der Waals surface area contributed by atoms with E-state index in [1.165, 1.54) is 0 Å². The minimum absolute atomic E-state index is 0.470. The lowest BCUT2D eigenvalue weighted by Crippen LogP contribution is -2.16. The molecular weight excluding hydrogens is 250 g/mol. The molecule has 0 fully saturated rings. The Morgan fingerprint density at radius 1 is 0.900 bits per heavy atom. The molecule has 2 aromatic heterocycles. The average molecular weight is 265 g/mol. The number of nitrogen functional groups attached to an aromatic ring is 1. The van der Waals surface area contributed by atoms with Gasteiger partial charge in [0.25, 0.3) is 0 Å². The summed E-state index contributed by atoms with van der Waals surface area (Å²) in [6, 6.07) is 13.6. The van der Waals surface area contributed by atoms with Gasteiger partial charge in [-0.2, -0.15) is 0 Å². The van der Waals surface area contributed by atoms with Gasteiger partial charge in [0.2, 0.25) is 0 Å². The summed E-state index contributed by atoms with van der Waals surface area (Å²) in [5.41, 5.74) is 9.36. The largest absolute Gasteiger partial charge is 0.382 e. The third kappa shape index (κ3) is 2.73. The summed E-state index contributed by atoms with van der Waals surface area (Å²) in [7, 11) is 0. The van der Waals surface area contributed by atoms with Crippen LogP contribution in [0.25, 0.3) is 11.0 Å². The maximum absolute atomic E-state index is 5.94. The minimum Gasteiger partial charge on any atom is -0.382 e. The molecule has 0 aliphatic heterocycles. The SMILES string of the molecule is Nc1nc2ccccc2nc1CNCc1ccccn1. The molecule has 0 radical (unpaired) electrons. The van der Waals surface area contributed by atoms with Gasteiger partial charge in [-0.15, -0.1) is 0 Å². The second-order valence-corrected chi connectivity index (χ2v) is 4.47. The second-order valence-electron chi connectivity index (χ2n) is 4.47. The van der Waals surface area contributed by atoms with Crippen LogP contribution in [-0.2, 0) is 13.1 Å². The molecule has 5 nitrogen and oxygen atoms in total. The van der Waals surface area contributed by atoms with E-state index >= 15 is 0 Å². The number of para-hydroxylation sites is 2. The minimum atomic E-state index is 0.470. The van der Waals surface area contributed by atoms with Crippen LogP contribution in [0.5, 0.6) is 0 Å². The van der Waals surface area contributed by atoms with Gasteiger partial charge in [0.1, 0.15) is 5.82 Å². The zero-order valence-electron chi connectivity index (χ0n) is 11.0. The van der Waals surface area contributed by atoms with Crippen LogP contribution in [0.4, 0.5) is 5.82 Å². The Hall–Kier alpha value is -2.53. The highest BCUT2D eigenvalue weighted by atomic mass is 15.0. The van der Waals surface area contributed by atoms with Gasteiger partial charge in [-0.05, 0) is 24.3 Å². The predicted molar refractivity (Wildman–Crippen MR) is 78.7 cm³/mol. The molecule has 0 unspecified atom stereocenters. The first-order valence-electron chi connectivity index (χ1n) is 6.45. The summed E-state index contributed by atoms with van der Waals surface area (Å²) in [5, 5.41) is 3.28. The van der Waals surface area contributed by atoms with Crippen LogP contribution < -0.4 is 11.1 Å². The molecular formula is C15H15N5. The molecule has 0 spiro atoms. The number of nitrogens with one attached hydrogen (secondary N) is 1. The van der Waals surface area contributed by atoms with Gasteiger partial charge in [-0.3, -0.25) is 4.98 Å². The molecule has 3 rings (SSSR count). The predicted octanol–water partition coefficient (Wildman–Crippen LogP) is 1.90. The number of nitrogens with zero attached hydrogens (tertiary/aromatic N) is 3. The molecule has 5 heteroatoms. The molecule has 3 aromatic rings. The van der Waals surface area contributed by atoms with Crippen molar-refractivity contribution in [3.8, 4) is 0 Å². The Morgan fingerprint density at radius 3 is 2.40 bits per heavy atom. The van der Waals surface area contributed by atoms with Gasteiger partial charge in [0.05, 0.1) is 22.4 Å². The molecule has 100 valence electrons. The van der Waals surface area contributed by atoms with Crippen molar-refractivity contribution >= 4 is 16.9 Å². The molecule has 0 saturated carbocycles. The Balaban J connectivity index is 1.72. The third-order valence-electron chi connectivity index (χ3n) is 3.00. The molecule has 0 atom stereocenters. The lowest BCUT2D eigenvalue weighted by Gasteiger charge is -2.07. The molecule has 0 saturated heterocycles. The molecule has 3 N–H and O–H groups in total. The summed E-state index contributed by atoms with van der Waals surface area (Å²) in [6.07, 6.45) is 1.78. The third-order valence-corrected chi connectivity index (χ3v) is 3.00. The van der Waals surface area contributed by atoms with E-state index in [0.717, 1.165) is 22.4 Å². The topological polar surface area (TPSA) is 76.7 Å². The maximum Gasteiger partial charge on any atom is 0.147 e. The summed E-state index contributed by atoms with van der Waals surface area (Å²) < 4.78 is 0. The van der Waals surface area contributed by atoms with Crippen molar-refractivity contribution in [3.05, 3.63) is 60.0 Å². The number of hydrogen-bond acceptors (Lipinski definition) is 5. The first-order chi connectivity index (χ1) is 9.83. The van der Waals surface area contributed by atoms with E-state index in [-0.39, 0.29) is 0 Å². The number of fused-ring (bicyclic) bond motifs is 1. The van der Waals surface area contributed by atoms with Gasteiger partial charge in [0.15, 0.2) is 0 Å². The van der Waals surface area contributed by atoms with Crippen LogP contribution in [0, 0.1) is 0 Å². The second kappa shape index (κ2) is 5.63. The van der Waals surface area contributed by atoms with Gasteiger partial charge >= 0.3 is 0 Å². The highest BCUT2D eigenvalue weighted by Crippen LogP contribution is 2.14. The maximum atomic E-state index is 5.94. The number of rotatable bonds is 4. The smallest absolute Gasteiger partial charge is 0.147 e. The first kappa shape index (κ1) is 12.5. The number of benzene rings is 1. The molecule has 1 aromatic carbocycles. The fourth-order valence-electron chi connectivity index (χ4n) is 1.99. The van der Waals surface area contributed by atoms with Crippen LogP contribution in [0.15, 0.2) is 48.7 Å². The van der Waals surface area contributed by atoms with Gasteiger partial charge < -0.3 is 11.1 Å². The van der Waals surface area contributed by atoms with E-state index in [4.69, 9.17) is 5.73 Å². The normalized spacial score (nSPS) is 10.8. The molecule has 2 heterocycles. The number of nitrogens with two attached hydrogens (primary N) is 1. The lowest BCUT2D eigenvalue weighted by molar-refractivity contribution is 0.669. The summed E-state index contributed by atoms with van der Waals surface area (Å²) in [4.78, 5) is 13.1. The monoisotopic (exact) mass is 265 g/mol. The Kier molecular flexibility index (Phi) is 3.52. The zero-order chi connectivity index (χ0) is 13.8. The lowest BCUT2D eigenvalue weighted by atomic mass is 10.3. The van der Waals surface area contributed by atoms with Gasteiger partial charge in [-0.1, -0.05) is 18.2 Å². The van der Waals surface area contributed by atoms with Gasteiger partial charge in [-0.25, -0.2) is 9.97 Å². The highest BCUT2D eigenvalue weighted by Gasteiger charge is 2.05. The molecule has 0 aliphatic rings. The van der Waals surface area contributed by atoms with Crippen LogP contribution in [0.3, 0.4) is 0 Å². The van der Waals surface area contributed by atoms with Crippen LogP contribution in [0.1, 0.15) is 11.4 Å². The van der Waals surface area contributed by atoms with Crippen molar-refractivity contribution in [3.63, 3.8) is 0 Å². The van der Waals surface area contributed by atoms with Crippen molar-refractivity contribution in [2.45, 2.75) is 13.1 Å². The number of pyridine rings is 1. The van der Waals surface area contributed by atoms with Crippen LogP contribution in [0.2, 0.25) is 0 Å². The Morgan fingerprint density at radius 2 is 1.65 bits per heavy atom. The standard InChI is InChI=1S/C15H15N5/c16-15-14(10-17-9-11-5-3-4-8-18-11)19-12-6-1-2-7-13(12)20-15/h1-8,17H,9-10H2,(H2,16,20).